The molecule has 3 heteroatoms. The lowest BCUT2D eigenvalue weighted by atomic mass is 9.89. The maximum Gasteiger partial charge on any atom is 0.225 e. The molecule has 1 fully saturated rings. The molecule has 0 radical (unpaired) electrons. The Morgan fingerprint density at radius 2 is 2.00 bits per heavy atom. The van der Waals surface area contributed by atoms with Gasteiger partial charge >= 0.3 is 0 Å². The Kier molecular flexibility index (Phi) is 4.91. The smallest absolute Gasteiger partial charge is 0.225 e. The van der Waals surface area contributed by atoms with Crippen LogP contribution in [0.25, 0.3) is 0 Å². The Bertz CT molecular complexity index is 214. The van der Waals surface area contributed by atoms with Crippen LogP contribution < -0.4 is 0 Å². The van der Waals surface area contributed by atoms with Crippen molar-refractivity contribution in [1.29, 1.82) is 0 Å². The first kappa shape index (κ1) is 12.8. The molecule has 1 saturated carbocycles. The van der Waals surface area contributed by atoms with Gasteiger partial charge in [0.05, 0.1) is 0 Å². The van der Waals surface area contributed by atoms with Gasteiger partial charge < -0.3 is 4.90 Å². The molecule has 0 aromatic rings. The number of halogens is 1. The molecule has 0 N–H and O–H groups in total. The summed E-state index contributed by atoms with van der Waals surface area (Å²) in [7, 11) is 0. The maximum atomic E-state index is 12.2. The Balaban J connectivity index is 2.57. The van der Waals surface area contributed by atoms with Crippen molar-refractivity contribution in [2.75, 3.05) is 12.4 Å². The topological polar surface area (TPSA) is 20.3 Å². The van der Waals surface area contributed by atoms with Gasteiger partial charge in [0.25, 0.3) is 0 Å². The second-order valence-corrected chi connectivity index (χ2v) is 5.22. The summed E-state index contributed by atoms with van der Waals surface area (Å²) in [4.78, 5) is 14.2. The van der Waals surface area contributed by atoms with E-state index >= 15 is 0 Å². The van der Waals surface area contributed by atoms with Gasteiger partial charge in [-0.25, -0.2) is 0 Å². The maximum absolute atomic E-state index is 12.2. The third-order valence-electron chi connectivity index (χ3n) is 3.51. The zero-order valence-electron chi connectivity index (χ0n) is 10.0. The second-order valence-electron chi connectivity index (χ2n) is 4.84. The summed E-state index contributed by atoms with van der Waals surface area (Å²) in [6.45, 7) is 6.93. The molecule has 0 aliphatic heterocycles. The van der Waals surface area contributed by atoms with Crippen LogP contribution in [0.5, 0.6) is 0 Å². The van der Waals surface area contributed by atoms with E-state index in [1.54, 1.807) is 0 Å². The minimum Gasteiger partial charge on any atom is -0.338 e. The van der Waals surface area contributed by atoms with Crippen LogP contribution in [0.4, 0.5) is 0 Å². The number of hydrogen-bond acceptors (Lipinski definition) is 1. The van der Waals surface area contributed by atoms with Gasteiger partial charge in [-0.3, -0.25) is 4.79 Å². The summed E-state index contributed by atoms with van der Waals surface area (Å²) < 4.78 is 0. The first-order valence-corrected chi connectivity index (χ1v) is 6.47. The predicted octanol–water partition coefficient (Wildman–Crippen LogP) is 2.90. The van der Waals surface area contributed by atoms with Crippen molar-refractivity contribution in [3.05, 3.63) is 0 Å². The Morgan fingerprint density at radius 1 is 1.40 bits per heavy atom. The highest BCUT2D eigenvalue weighted by molar-refractivity contribution is 6.18. The van der Waals surface area contributed by atoms with E-state index in [1.165, 1.54) is 6.42 Å². The van der Waals surface area contributed by atoms with Crippen molar-refractivity contribution in [3.8, 4) is 0 Å². The fourth-order valence-corrected chi connectivity index (χ4v) is 1.99. The average molecular weight is 232 g/mol. The van der Waals surface area contributed by atoms with Crippen LogP contribution in [-0.4, -0.2) is 29.3 Å². The van der Waals surface area contributed by atoms with Gasteiger partial charge in [0, 0.05) is 24.4 Å². The highest BCUT2D eigenvalue weighted by Gasteiger charge is 2.31. The first-order valence-electron chi connectivity index (χ1n) is 5.94. The molecule has 0 aromatic carbocycles. The monoisotopic (exact) mass is 231 g/mol. The Labute approximate surface area is 98.0 Å². The average Bonchev–Trinajstić information content (AvgIpc) is 2.12. The lowest BCUT2D eigenvalue weighted by Crippen LogP contribution is -2.48. The van der Waals surface area contributed by atoms with Crippen LogP contribution in [0.3, 0.4) is 0 Å². The fourth-order valence-electron chi connectivity index (χ4n) is 1.81. The van der Waals surface area contributed by atoms with Crippen LogP contribution in [0.1, 0.15) is 40.0 Å². The van der Waals surface area contributed by atoms with Gasteiger partial charge in [0.2, 0.25) is 5.91 Å². The molecule has 15 heavy (non-hydrogen) atoms. The minimum atomic E-state index is 0.119. The summed E-state index contributed by atoms with van der Waals surface area (Å²) >= 11 is 5.76. The summed E-state index contributed by atoms with van der Waals surface area (Å²) in [6, 6.07) is 0.470. The van der Waals surface area contributed by atoms with E-state index in [-0.39, 0.29) is 11.8 Å². The first-order chi connectivity index (χ1) is 7.07. The van der Waals surface area contributed by atoms with Gasteiger partial charge in [-0.05, 0) is 25.2 Å². The van der Waals surface area contributed by atoms with Crippen molar-refractivity contribution in [3.63, 3.8) is 0 Å². The summed E-state index contributed by atoms with van der Waals surface area (Å²) in [5, 5.41) is 0. The predicted molar refractivity (Wildman–Crippen MR) is 64.1 cm³/mol. The molecule has 1 amide bonds. The van der Waals surface area contributed by atoms with Crippen molar-refractivity contribution < 1.29 is 4.79 Å². The largest absolute Gasteiger partial charge is 0.338 e. The lowest BCUT2D eigenvalue weighted by Gasteiger charge is -2.39. The van der Waals surface area contributed by atoms with Crippen molar-refractivity contribution in [2.45, 2.75) is 46.1 Å². The van der Waals surface area contributed by atoms with E-state index in [2.05, 4.69) is 13.8 Å². The van der Waals surface area contributed by atoms with Gasteiger partial charge in [0.15, 0.2) is 0 Å². The fraction of sp³-hybridized carbons (Fsp3) is 0.917. The lowest BCUT2D eigenvalue weighted by molar-refractivity contribution is -0.140. The minimum absolute atomic E-state index is 0.119. The molecule has 0 heterocycles. The number of carbonyl (C=O) groups excluding carboxylic acids is 1. The summed E-state index contributed by atoms with van der Waals surface area (Å²) in [5.41, 5.74) is 0. The van der Waals surface area contributed by atoms with Crippen LogP contribution >= 0.6 is 11.6 Å². The van der Waals surface area contributed by atoms with Crippen molar-refractivity contribution in [1.82, 2.24) is 4.90 Å². The number of carbonyl (C=O) groups is 1. The molecule has 0 aromatic heterocycles. The summed E-state index contributed by atoms with van der Waals surface area (Å²) in [5.74, 6) is 1.37. The number of rotatable bonds is 5. The number of nitrogens with zero attached hydrogens (tertiary/aromatic N) is 1. The molecule has 2 nitrogen and oxygen atoms in total. The van der Waals surface area contributed by atoms with E-state index < -0.39 is 0 Å². The molecule has 0 bridgehead atoms. The highest BCUT2D eigenvalue weighted by atomic mass is 35.5. The van der Waals surface area contributed by atoms with Gasteiger partial charge in [0.1, 0.15) is 0 Å². The van der Waals surface area contributed by atoms with E-state index in [4.69, 9.17) is 11.6 Å². The van der Waals surface area contributed by atoms with Crippen LogP contribution in [0.2, 0.25) is 0 Å². The molecule has 1 aliphatic carbocycles. The van der Waals surface area contributed by atoms with Gasteiger partial charge in [-0.15, -0.1) is 11.6 Å². The van der Waals surface area contributed by atoms with Gasteiger partial charge in [-0.2, -0.15) is 0 Å². The van der Waals surface area contributed by atoms with Crippen LogP contribution in [0, 0.1) is 11.8 Å². The molecule has 0 spiro atoms. The van der Waals surface area contributed by atoms with Crippen LogP contribution in [-0.2, 0) is 4.79 Å². The van der Waals surface area contributed by atoms with Crippen LogP contribution in [0.15, 0.2) is 0 Å². The van der Waals surface area contributed by atoms with E-state index in [0.29, 0.717) is 24.4 Å². The quantitative estimate of drug-likeness (QED) is 0.667. The SMILES string of the molecule is CC(C)C(C)C(=O)N(CCCl)C1CCC1. The molecular formula is C12H22ClNO. The number of amides is 1. The third kappa shape index (κ3) is 3.10. The second kappa shape index (κ2) is 5.74. The zero-order valence-corrected chi connectivity index (χ0v) is 10.8. The molecule has 1 aliphatic rings. The van der Waals surface area contributed by atoms with E-state index in [9.17, 15) is 4.79 Å². The standard InChI is InChI=1S/C12H22ClNO/c1-9(2)10(3)12(15)14(8-7-13)11-5-4-6-11/h9-11H,4-8H2,1-3H3. The third-order valence-corrected chi connectivity index (χ3v) is 3.68. The summed E-state index contributed by atoms with van der Waals surface area (Å²) in [6.07, 6.45) is 3.58. The van der Waals surface area contributed by atoms with Crippen molar-refractivity contribution in [2.24, 2.45) is 11.8 Å². The number of hydrogen-bond donors (Lipinski definition) is 0. The van der Waals surface area contributed by atoms with E-state index in [1.807, 2.05) is 11.8 Å². The molecule has 0 saturated heterocycles. The van der Waals surface area contributed by atoms with E-state index in [0.717, 1.165) is 12.8 Å². The zero-order chi connectivity index (χ0) is 11.4. The normalized spacial score (nSPS) is 18.7. The number of alkyl halides is 1. The molecule has 1 atom stereocenters. The molecule has 1 unspecified atom stereocenters. The Morgan fingerprint density at radius 3 is 2.33 bits per heavy atom. The van der Waals surface area contributed by atoms with Crippen molar-refractivity contribution >= 4 is 17.5 Å². The highest BCUT2D eigenvalue weighted by Crippen LogP contribution is 2.27. The Hall–Kier alpha value is -0.240. The van der Waals surface area contributed by atoms with Gasteiger partial charge in [-0.1, -0.05) is 20.8 Å². The molecule has 88 valence electrons. The molecular weight excluding hydrogens is 210 g/mol. The molecule has 1 rings (SSSR count).